The number of esters is 1. The fraction of sp³-hybridized carbons (Fsp3) is 0.818. The van der Waals surface area contributed by atoms with Gasteiger partial charge in [0.25, 0.3) is 6.47 Å². The van der Waals surface area contributed by atoms with Crippen molar-refractivity contribution in [3.05, 3.63) is 0 Å². The lowest BCUT2D eigenvalue weighted by Crippen LogP contribution is -2.41. The molecule has 1 aliphatic rings. The minimum atomic E-state index is -0.933. The van der Waals surface area contributed by atoms with Gasteiger partial charge in [-0.3, -0.25) is 9.59 Å². The summed E-state index contributed by atoms with van der Waals surface area (Å²) in [4.78, 5) is 21.5. The third kappa shape index (κ3) is 3.94. The van der Waals surface area contributed by atoms with Crippen LogP contribution in [0.3, 0.4) is 0 Å². The summed E-state index contributed by atoms with van der Waals surface area (Å²) in [6.45, 7) is 5.02. The molecule has 0 aromatic carbocycles. The number of ether oxygens (including phenoxy) is 5. The highest BCUT2D eigenvalue weighted by molar-refractivity contribution is 5.66. The van der Waals surface area contributed by atoms with Crippen molar-refractivity contribution >= 4 is 12.4 Å². The van der Waals surface area contributed by atoms with Crippen LogP contribution >= 0.6 is 0 Å². The van der Waals surface area contributed by atoms with Gasteiger partial charge in [-0.25, -0.2) is 0 Å². The van der Waals surface area contributed by atoms with E-state index in [1.54, 1.807) is 13.8 Å². The van der Waals surface area contributed by atoms with E-state index in [1.165, 1.54) is 14.0 Å². The molecule has 3 atom stereocenters. The van der Waals surface area contributed by atoms with Crippen molar-refractivity contribution in [1.29, 1.82) is 0 Å². The second-order valence-corrected chi connectivity index (χ2v) is 4.30. The number of hydrogen-bond donors (Lipinski definition) is 0. The Balaban J connectivity index is 2.79. The van der Waals surface area contributed by atoms with Gasteiger partial charge in [0.1, 0.15) is 0 Å². The molecule has 1 fully saturated rings. The lowest BCUT2D eigenvalue weighted by Gasteiger charge is -2.23. The summed E-state index contributed by atoms with van der Waals surface area (Å²) in [7, 11) is 1.46. The second-order valence-electron chi connectivity index (χ2n) is 4.30. The van der Waals surface area contributed by atoms with Crippen LogP contribution in [0.25, 0.3) is 0 Å². The van der Waals surface area contributed by atoms with E-state index >= 15 is 0 Å². The lowest BCUT2D eigenvalue weighted by atomic mass is 10.2. The number of carbonyl (C=O) groups excluding carboxylic acids is 2. The topological polar surface area (TPSA) is 80.3 Å². The summed E-state index contributed by atoms with van der Waals surface area (Å²) in [6.07, 6.45) is -2.37. The Labute approximate surface area is 105 Å². The Hall–Kier alpha value is -1.18. The summed E-state index contributed by atoms with van der Waals surface area (Å²) in [5.74, 6) is -1.43. The fourth-order valence-corrected chi connectivity index (χ4v) is 1.71. The van der Waals surface area contributed by atoms with Gasteiger partial charge >= 0.3 is 5.97 Å². The first-order chi connectivity index (χ1) is 8.39. The average molecular weight is 262 g/mol. The molecule has 0 bridgehead atoms. The zero-order valence-corrected chi connectivity index (χ0v) is 10.9. The smallest absolute Gasteiger partial charge is 0.305 e. The van der Waals surface area contributed by atoms with Crippen molar-refractivity contribution in [2.24, 2.45) is 0 Å². The average Bonchev–Trinajstić information content (AvgIpc) is 2.52. The molecule has 1 heterocycles. The normalized spacial score (nSPS) is 27.6. The highest BCUT2D eigenvalue weighted by Crippen LogP contribution is 2.31. The Bertz CT molecular complexity index is 302. The van der Waals surface area contributed by atoms with Gasteiger partial charge in [0.15, 0.2) is 18.0 Å². The number of carbonyl (C=O) groups is 2. The van der Waals surface area contributed by atoms with Crippen LogP contribution in [0.5, 0.6) is 0 Å². The van der Waals surface area contributed by atoms with Crippen LogP contribution < -0.4 is 0 Å². The summed E-state index contributed by atoms with van der Waals surface area (Å²) >= 11 is 0. The molecule has 7 heteroatoms. The fourth-order valence-electron chi connectivity index (χ4n) is 1.71. The Kier molecular flexibility index (Phi) is 5.06. The highest BCUT2D eigenvalue weighted by atomic mass is 16.8. The van der Waals surface area contributed by atoms with Crippen molar-refractivity contribution in [2.45, 2.75) is 45.1 Å². The van der Waals surface area contributed by atoms with Gasteiger partial charge in [-0.2, -0.15) is 0 Å². The predicted molar refractivity (Wildman–Crippen MR) is 58.4 cm³/mol. The third-order valence-corrected chi connectivity index (χ3v) is 2.30. The zero-order chi connectivity index (χ0) is 13.8. The summed E-state index contributed by atoms with van der Waals surface area (Å²) < 4.78 is 25.8. The van der Waals surface area contributed by atoms with E-state index in [-0.39, 0.29) is 6.61 Å². The van der Waals surface area contributed by atoms with Crippen molar-refractivity contribution in [3.63, 3.8) is 0 Å². The maximum atomic E-state index is 11.0. The van der Waals surface area contributed by atoms with Gasteiger partial charge in [0.2, 0.25) is 6.29 Å². The molecule has 1 rings (SSSR count). The SMILES string of the molecule is COC[C@@H](OC=O)[C@H]1OC(C)(C)O[C@@H]1OC(C)=O. The molecule has 0 radical (unpaired) electrons. The monoisotopic (exact) mass is 262 g/mol. The standard InChI is InChI=1S/C11H18O7/c1-7(13)16-10-9(17-11(2,3)18-10)8(5-14-4)15-6-12/h6,8-10H,5H2,1-4H3/t8-,9-,10+/m1/s1. The molecule has 0 aromatic heterocycles. The molecule has 0 N–H and O–H groups in total. The van der Waals surface area contributed by atoms with Crippen LogP contribution in [0.2, 0.25) is 0 Å². The maximum absolute atomic E-state index is 11.0. The van der Waals surface area contributed by atoms with Crippen LogP contribution in [0.4, 0.5) is 0 Å². The van der Waals surface area contributed by atoms with Crippen LogP contribution in [0.1, 0.15) is 20.8 Å². The van der Waals surface area contributed by atoms with Crippen LogP contribution in [-0.4, -0.2) is 50.4 Å². The second kappa shape index (κ2) is 6.12. The van der Waals surface area contributed by atoms with E-state index in [1.807, 2.05) is 0 Å². The molecule has 0 saturated carbocycles. The molecule has 0 aromatic rings. The van der Waals surface area contributed by atoms with Crippen molar-refractivity contribution in [1.82, 2.24) is 0 Å². The molecule has 0 unspecified atom stereocenters. The minimum absolute atomic E-state index is 0.112. The number of rotatable bonds is 6. The van der Waals surface area contributed by atoms with Crippen LogP contribution in [-0.2, 0) is 33.3 Å². The predicted octanol–water partition coefficient (Wildman–Crippen LogP) is 0.215. The van der Waals surface area contributed by atoms with Gasteiger partial charge < -0.3 is 23.7 Å². The van der Waals surface area contributed by atoms with E-state index < -0.39 is 30.3 Å². The van der Waals surface area contributed by atoms with E-state index in [2.05, 4.69) is 0 Å². The van der Waals surface area contributed by atoms with Gasteiger partial charge in [0, 0.05) is 14.0 Å². The quantitative estimate of drug-likeness (QED) is 0.500. The third-order valence-electron chi connectivity index (χ3n) is 2.30. The minimum Gasteiger partial charge on any atom is -0.459 e. The molecule has 104 valence electrons. The largest absolute Gasteiger partial charge is 0.459 e. The molecule has 18 heavy (non-hydrogen) atoms. The Morgan fingerprint density at radius 3 is 2.61 bits per heavy atom. The zero-order valence-electron chi connectivity index (χ0n) is 10.9. The van der Waals surface area contributed by atoms with Crippen LogP contribution in [0, 0.1) is 0 Å². The molecular weight excluding hydrogens is 244 g/mol. The van der Waals surface area contributed by atoms with E-state index in [4.69, 9.17) is 23.7 Å². The number of hydrogen-bond acceptors (Lipinski definition) is 7. The first-order valence-electron chi connectivity index (χ1n) is 5.50. The van der Waals surface area contributed by atoms with Gasteiger partial charge in [-0.05, 0) is 13.8 Å². The molecule has 0 amide bonds. The van der Waals surface area contributed by atoms with Crippen molar-refractivity contribution in [3.8, 4) is 0 Å². The Morgan fingerprint density at radius 1 is 1.44 bits per heavy atom. The Morgan fingerprint density at radius 2 is 2.11 bits per heavy atom. The highest BCUT2D eigenvalue weighted by Gasteiger charge is 2.48. The summed E-state index contributed by atoms with van der Waals surface area (Å²) in [6, 6.07) is 0. The van der Waals surface area contributed by atoms with Crippen molar-refractivity contribution < 1.29 is 33.3 Å². The van der Waals surface area contributed by atoms with E-state index in [9.17, 15) is 9.59 Å². The first-order valence-corrected chi connectivity index (χ1v) is 5.50. The van der Waals surface area contributed by atoms with Gasteiger partial charge in [-0.1, -0.05) is 0 Å². The van der Waals surface area contributed by atoms with Gasteiger partial charge in [-0.15, -0.1) is 0 Å². The van der Waals surface area contributed by atoms with E-state index in [0.717, 1.165) is 0 Å². The lowest BCUT2D eigenvalue weighted by molar-refractivity contribution is -0.196. The molecule has 1 aliphatic heterocycles. The molecule has 0 aliphatic carbocycles. The van der Waals surface area contributed by atoms with E-state index in [0.29, 0.717) is 6.47 Å². The molecule has 1 saturated heterocycles. The molecule has 0 spiro atoms. The summed E-state index contributed by atoms with van der Waals surface area (Å²) in [5.41, 5.74) is 0. The van der Waals surface area contributed by atoms with Crippen LogP contribution in [0.15, 0.2) is 0 Å². The molecular formula is C11H18O7. The van der Waals surface area contributed by atoms with Gasteiger partial charge in [0.05, 0.1) is 6.61 Å². The van der Waals surface area contributed by atoms with Crippen molar-refractivity contribution in [2.75, 3.05) is 13.7 Å². The molecule has 7 nitrogen and oxygen atoms in total. The number of methoxy groups -OCH3 is 1. The maximum Gasteiger partial charge on any atom is 0.305 e. The first kappa shape index (κ1) is 14.9. The summed E-state index contributed by atoms with van der Waals surface area (Å²) in [5, 5.41) is 0.